The lowest BCUT2D eigenvalue weighted by Crippen LogP contribution is -2.23. The van der Waals surface area contributed by atoms with Crippen molar-refractivity contribution in [2.45, 2.75) is 45.4 Å². The predicted octanol–water partition coefficient (Wildman–Crippen LogP) is 3.66. The van der Waals surface area contributed by atoms with Gasteiger partial charge in [-0.05, 0) is 50.3 Å². The Morgan fingerprint density at radius 1 is 1.33 bits per heavy atom. The summed E-state index contributed by atoms with van der Waals surface area (Å²) < 4.78 is 11.4. The lowest BCUT2D eigenvalue weighted by atomic mass is 10.1. The number of hydrogen-bond acceptors (Lipinski definition) is 3. The summed E-state index contributed by atoms with van der Waals surface area (Å²) >= 11 is 0. The largest absolute Gasteiger partial charge is 0.353 e. The molecule has 1 aromatic rings. The molecule has 3 nitrogen and oxygen atoms in total. The number of hydrogen-bond donors (Lipinski definition) is 1. The van der Waals surface area contributed by atoms with Gasteiger partial charge in [0.25, 0.3) is 0 Å². The van der Waals surface area contributed by atoms with Crippen LogP contribution in [0.25, 0.3) is 0 Å². The van der Waals surface area contributed by atoms with Crippen molar-refractivity contribution in [1.82, 2.24) is 5.32 Å². The Morgan fingerprint density at radius 3 is 2.90 bits per heavy atom. The maximum absolute atomic E-state index is 5.83. The van der Waals surface area contributed by atoms with Crippen LogP contribution in [-0.4, -0.2) is 26.0 Å². The molecule has 0 saturated carbocycles. The van der Waals surface area contributed by atoms with E-state index in [0.717, 1.165) is 32.5 Å². The highest BCUT2D eigenvalue weighted by Crippen LogP contribution is 2.15. The van der Waals surface area contributed by atoms with Gasteiger partial charge in [-0.3, -0.25) is 0 Å². The summed E-state index contributed by atoms with van der Waals surface area (Å²) in [7, 11) is 0. The van der Waals surface area contributed by atoms with Crippen molar-refractivity contribution in [3.05, 3.63) is 47.5 Å². The molecule has 1 saturated heterocycles. The summed E-state index contributed by atoms with van der Waals surface area (Å²) in [5.74, 6) is 0. The van der Waals surface area contributed by atoms with Crippen molar-refractivity contribution in [2.75, 3.05) is 19.8 Å². The van der Waals surface area contributed by atoms with Crippen LogP contribution in [0.15, 0.2) is 42.0 Å². The number of benzene rings is 1. The third-order valence-electron chi connectivity index (χ3n) is 3.80. The van der Waals surface area contributed by atoms with Gasteiger partial charge in [0.05, 0.1) is 6.61 Å². The average Bonchev–Trinajstić information content (AvgIpc) is 2.56. The van der Waals surface area contributed by atoms with Gasteiger partial charge in [0.1, 0.15) is 0 Å². The number of ether oxygens (including phenoxy) is 2. The predicted molar refractivity (Wildman–Crippen MR) is 86.1 cm³/mol. The van der Waals surface area contributed by atoms with Crippen molar-refractivity contribution in [1.29, 1.82) is 0 Å². The van der Waals surface area contributed by atoms with E-state index >= 15 is 0 Å². The molecule has 1 heterocycles. The van der Waals surface area contributed by atoms with Crippen molar-refractivity contribution in [3.63, 3.8) is 0 Å². The van der Waals surface area contributed by atoms with Gasteiger partial charge in [0.15, 0.2) is 6.29 Å². The van der Waals surface area contributed by atoms with Crippen LogP contribution >= 0.6 is 0 Å². The van der Waals surface area contributed by atoms with Crippen LogP contribution in [0.4, 0.5) is 0 Å². The number of rotatable bonds is 8. The first-order valence-electron chi connectivity index (χ1n) is 8.00. The Balaban J connectivity index is 1.59. The zero-order valence-electron chi connectivity index (χ0n) is 13.0. The minimum absolute atomic E-state index is 0.00554. The van der Waals surface area contributed by atoms with E-state index in [-0.39, 0.29) is 6.29 Å². The fraction of sp³-hybridized carbons (Fsp3) is 0.556. The monoisotopic (exact) mass is 289 g/mol. The molecule has 0 radical (unpaired) electrons. The molecule has 1 fully saturated rings. The average molecular weight is 289 g/mol. The second kappa shape index (κ2) is 9.72. The second-order valence-electron chi connectivity index (χ2n) is 5.47. The third kappa shape index (κ3) is 6.42. The summed E-state index contributed by atoms with van der Waals surface area (Å²) in [5.41, 5.74) is 2.66. The van der Waals surface area contributed by atoms with E-state index in [9.17, 15) is 0 Å². The zero-order chi connectivity index (χ0) is 14.8. The molecule has 0 amide bonds. The quantitative estimate of drug-likeness (QED) is 0.585. The van der Waals surface area contributed by atoms with Gasteiger partial charge in [-0.25, -0.2) is 0 Å². The van der Waals surface area contributed by atoms with E-state index in [0.29, 0.717) is 6.61 Å². The summed E-state index contributed by atoms with van der Waals surface area (Å²) in [6.45, 7) is 5.51. The molecule has 1 N–H and O–H groups in total. The lowest BCUT2D eigenvalue weighted by molar-refractivity contribution is -0.157. The fourth-order valence-electron chi connectivity index (χ4n) is 2.42. The molecule has 1 aliphatic rings. The van der Waals surface area contributed by atoms with E-state index < -0.39 is 0 Å². The summed E-state index contributed by atoms with van der Waals surface area (Å²) in [5, 5.41) is 3.48. The zero-order valence-corrected chi connectivity index (χ0v) is 13.0. The molecule has 0 aromatic heterocycles. The molecular formula is C18H27NO2. The van der Waals surface area contributed by atoms with Crippen LogP contribution < -0.4 is 5.32 Å². The third-order valence-corrected chi connectivity index (χ3v) is 3.80. The smallest absolute Gasteiger partial charge is 0.158 e. The van der Waals surface area contributed by atoms with Crippen LogP contribution in [0.1, 0.15) is 38.2 Å². The second-order valence-corrected chi connectivity index (χ2v) is 5.47. The van der Waals surface area contributed by atoms with E-state index in [2.05, 4.69) is 42.6 Å². The molecule has 3 heteroatoms. The van der Waals surface area contributed by atoms with Gasteiger partial charge in [-0.15, -0.1) is 0 Å². The maximum atomic E-state index is 5.83. The van der Waals surface area contributed by atoms with Crippen LogP contribution in [0.3, 0.4) is 0 Å². The fourth-order valence-corrected chi connectivity index (χ4v) is 2.42. The van der Waals surface area contributed by atoms with Crippen LogP contribution in [-0.2, 0) is 16.0 Å². The molecular weight excluding hydrogens is 262 g/mol. The normalized spacial score (nSPS) is 19.7. The lowest BCUT2D eigenvalue weighted by Gasteiger charge is -2.23. The molecule has 0 aliphatic carbocycles. The molecule has 1 aliphatic heterocycles. The van der Waals surface area contributed by atoms with Crippen molar-refractivity contribution < 1.29 is 9.47 Å². The minimum Gasteiger partial charge on any atom is -0.353 e. The van der Waals surface area contributed by atoms with Gasteiger partial charge >= 0.3 is 0 Å². The molecule has 1 atom stereocenters. The molecule has 0 spiro atoms. The van der Waals surface area contributed by atoms with Crippen LogP contribution in [0, 0.1) is 0 Å². The topological polar surface area (TPSA) is 30.5 Å². The molecule has 0 bridgehead atoms. The number of allylic oxidation sites excluding steroid dienone is 1. The minimum atomic E-state index is 0.00554. The van der Waals surface area contributed by atoms with Gasteiger partial charge in [0, 0.05) is 13.2 Å². The molecule has 1 aromatic carbocycles. The first-order chi connectivity index (χ1) is 10.4. The Kier molecular flexibility index (Phi) is 7.50. The van der Waals surface area contributed by atoms with Crippen molar-refractivity contribution in [2.24, 2.45) is 0 Å². The van der Waals surface area contributed by atoms with Gasteiger partial charge < -0.3 is 14.8 Å². The highest BCUT2D eigenvalue weighted by atomic mass is 16.7. The number of nitrogens with one attached hydrogen (secondary N) is 1. The van der Waals surface area contributed by atoms with Gasteiger partial charge in [0.2, 0.25) is 0 Å². The van der Waals surface area contributed by atoms with Crippen LogP contribution in [0.5, 0.6) is 0 Å². The molecule has 21 heavy (non-hydrogen) atoms. The Labute approximate surface area is 128 Å². The Morgan fingerprint density at radius 2 is 2.19 bits per heavy atom. The standard InChI is InChI=1S/C18H27NO2/c1-2-16(15-21-18-10-6-7-13-20-18)11-12-19-14-17-8-4-3-5-9-17/h2-5,8-9,18-19H,6-7,10-15H2,1H3. The van der Waals surface area contributed by atoms with Crippen molar-refractivity contribution in [3.8, 4) is 0 Å². The highest BCUT2D eigenvalue weighted by molar-refractivity contribution is 5.14. The van der Waals surface area contributed by atoms with E-state index in [4.69, 9.17) is 9.47 Å². The highest BCUT2D eigenvalue weighted by Gasteiger charge is 2.14. The molecule has 116 valence electrons. The van der Waals surface area contributed by atoms with E-state index in [1.165, 1.54) is 24.0 Å². The SMILES string of the molecule is CC=C(CCNCc1ccccc1)COC1CCCCO1. The van der Waals surface area contributed by atoms with Gasteiger partial charge in [-0.1, -0.05) is 36.4 Å². The summed E-state index contributed by atoms with van der Waals surface area (Å²) in [6.07, 6.45) is 6.60. The molecule has 2 rings (SSSR count). The summed E-state index contributed by atoms with van der Waals surface area (Å²) in [6, 6.07) is 10.5. The van der Waals surface area contributed by atoms with Crippen molar-refractivity contribution >= 4 is 0 Å². The Bertz CT molecular complexity index is 410. The maximum Gasteiger partial charge on any atom is 0.158 e. The van der Waals surface area contributed by atoms with E-state index in [1.807, 2.05) is 6.07 Å². The Hall–Kier alpha value is -1.16. The first kappa shape index (κ1) is 16.2. The van der Waals surface area contributed by atoms with Gasteiger partial charge in [-0.2, -0.15) is 0 Å². The van der Waals surface area contributed by atoms with Crippen LogP contribution in [0.2, 0.25) is 0 Å². The van der Waals surface area contributed by atoms with E-state index in [1.54, 1.807) is 0 Å². The first-order valence-corrected chi connectivity index (χ1v) is 8.00. The summed E-state index contributed by atoms with van der Waals surface area (Å²) in [4.78, 5) is 0. The molecule has 1 unspecified atom stereocenters.